The van der Waals surface area contributed by atoms with Gasteiger partial charge in [0.25, 0.3) is 0 Å². The fourth-order valence-electron chi connectivity index (χ4n) is 5.78. The van der Waals surface area contributed by atoms with Gasteiger partial charge in [-0.05, 0) is 59.0 Å². The summed E-state index contributed by atoms with van der Waals surface area (Å²) in [5.74, 6) is 0.545. The summed E-state index contributed by atoms with van der Waals surface area (Å²) in [5, 5.41) is 40.2. The first-order valence-electron chi connectivity index (χ1n) is 16.0. The molecule has 1 atom stereocenters. The number of hydrogen-bond donors (Lipinski definition) is 5. The van der Waals surface area contributed by atoms with Crippen LogP contribution in [-0.4, -0.2) is 71.1 Å². The van der Waals surface area contributed by atoms with E-state index in [0.29, 0.717) is 59.1 Å². The fourth-order valence-corrected chi connectivity index (χ4v) is 6.27. The van der Waals surface area contributed by atoms with Crippen molar-refractivity contribution in [3.05, 3.63) is 105 Å². The Morgan fingerprint density at radius 1 is 0.880 bits per heavy atom. The van der Waals surface area contributed by atoms with Crippen LogP contribution in [-0.2, 0) is 31.0 Å². The number of carbonyl (C=O) groups is 1. The first-order chi connectivity index (χ1) is 24.2. The van der Waals surface area contributed by atoms with E-state index in [0.717, 1.165) is 44.3 Å². The Labute approximate surface area is 300 Å². The third-order valence-electron chi connectivity index (χ3n) is 8.53. The van der Waals surface area contributed by atoms with Crippen molar-refractivity contribution in [2.45, 2.75) is 39.2 Å². The van der Waals surface area contributed by atoms with E-state index in [9.17, 15) is 15.0 Å². The minimum Gasteiger partial charge on any atom is -0.496 e. The zero-order valence-electron chi connectivity index (χ0n) is 28.0. The number of methoxy groups -OCH3 is 2. The van der Waals surface area contributed by atoms with Gasteiger partial charge in [-0.2, -0.15) is 5.10 Å². The lowest BCUT2D eigenvalue weighted by atomic mass is 9.94. The van der Waals surface area contributed by atoms with Crippen molar-refractivity contribution in [1.82, 2.24) is 20.4 Å². The standard InChI is InChI=1S/C37H40Cl2N4O7/c1-22-23(21-50-36-15-35(49-3)24(13-31(36)39)16-40-10-11-44)6-4-7-27(22)28-8-5-9-33-29(28)18-42-43(33)19-26-14-34(48-2)25(12-30(26)38)17-41-32(20-45)37(46)47/h4-9,12-15,18,32,40-41,44-45H,10-11,16-17,19-21H2,1-3H3,(H,46,47). The zero-order valence-corrected chi connectivity index (χ0v) is 29.5. The summed E-state index contributed by atoms with van der Waals surface area (Å²) >= 11 is 13.3. The Morgan fingerprint density at radius 2 is 1.58 bits per heavy atom. The average molecular weight is 724 g/mol. The summed E-state index contributed by atoms with van der Waals surface area (Å²) in [6.45, 7) is 3.34. The number of halogens is 2. The predicted octanol–water partition coefficient (Wildman–Crippen LogP) is 5.58. The highest BCUT2D eigenvalue weighted by molar-refractivity contribution is 6.32. The van der Waals surface area contributed by atoms with E-state index in [4.69, 9.17) is 47.6 Å². The van der Waals surface area contributed by atoms with Crippen LogP contribution in [0.15, 0.2) is 66.9 Å². The maximum atomic E-state index is 11.3. The van der Waals surface area contributed by atoms with Crippen LogP contribution < -0.4 is 24.8 Å². The van der Waals surface area contributed by atoms with Crippen LogP contribution in [0.4, 0.5) is 0 Å². The monoisotopic (exact) mass is 722 g/mol. The van der Waals surface area contributed by atoms with Gasteiger partial charge in [-0.25, -0.2) is 0 Å². The Hall–Kier alpha value is -4.36. The van der Waals surface area contributed by atoms with E-state index in [1.54, 1.807) is 19.2 Å². The second-order valence-electron chi connectivity index (χ2n) is 11.6. The van der Waals surface area contributed by atoms with E-state index < -0.39 is 18.6 Å². The van der Waals surface area contributed by atoms with Crippen LogP contribution >= 0.6 is 23.2 Å². The van der Waals surface area contributed by atoms with Crippen LogP contribution in [0.3, 0.4) is 0 Å². The summed E-state index contributed by atoms with van der Waals surface area (Å²) in [6, 6.07) is 18.2. The SMILES string of the molecule is COc1cc(OCc2cccc(-c3cccc4c3cnn4Cc3cc(OC)c(CNC(CO)C(=O)O)cc3Cl)c2C)c(Cl)cc1CNCCO. The second-order valence-corrected chi connectivity index (χ2v) is 12.4. The molecule has 0 spiro atoms. The van der Waals surface area contributed by atoms with Crippen molar-refractivity contribution in [3.63, 3.8) is 0 Å². The number of carboxylic acids is 1. The molecular weight excluding hydrogens is 683 g/mol. The van der Waals surface area contributed by atoms with Gasteiger partial charge in [-0.15, -0.1) is 0 Å². The molecule has 5 rings (SSSR count). The van der Waals surface area contributed by atoms with Crippen LogP contribution in [0, 0.1) is 6.92 Å². The number of fused-ring (bicyclic) bond motifs is 1. The van der Waals surface area contributed by atoms with Crippen LogP contribution in [0.5, 0.6) is 17.2 Å². The van der Waals surface area contributed by atoms with Gasteiger partial charge in [0.05, 0.1) is 50.7 Å². The highest BCUT2D eigenvalue weighted by Crippen LogP contribution is 2.36. The molecule has 11 nitrogen and oxygen atoms in total. The molecule has 0 aliphatic carbocycles. The summed E-state index contributed by atoms with van der Waals surface area (Å²) in [5.41, 5.74) is 7.35. The lowest BCUT2D eigenvalue weighted by Gasteiger charge is -2.17. The van der Waals surface area contributed by atoms with Gasteiger partial charge >= 0.3 is 5.97 Å². The minimum absolute atomic E-state index is 0.0393. The van der Waals surface area contributed by atoms with Crippen molar-refractivity contribution in [2.24, 2.45) is 0 Å². The van der Waals surface area contributed by atoms with Crippen LogP contribution in [0.2, 0.25) is 10.0 Å². The lowest BCUT2D eigenvalue weighted by molar-refractivity contribution is -0.140. The first-order valence-corrected chi connectivity index (χ1v) is 16.7. The third kappa shape index (κ3) is 8.32. The fraction of sp³-hybridized carbons (Fsp3) is 0.297. The van der Waals surface area contributed by atoms with Crippen molar-refractivity contribution >= 4 is 40.1 Å². The van der Waals surface area contributed by atoms with Crippen molar-refractivity contribution in [3.8, 4) is 28.4 Å². The highest BCUT2D eigenvalue weighted by atomic mass is 35.5. The number of hydrogen-bond acceptors (Lipinski definition) is 9. The number of benzene rings is 4. The van der Waals surface area contributed by atoms with E-state index in [1.165, 1.54) is 7.11 Å². The molecule has 0 fully saturated rings. The van der Waals surface area contributed by atoms with E-state index in [1.807, 2.05) is 47.3 Å². The van der Waals surface area contributed by atoms with Crippen molar-refractivity contribution in [1.29, 1.82) is 0 Å². The topological polar surface area (TPSA) is 147 Å². The van der Waals surface area contributed by atoms with E-state index in [-0.39, 0.29) is 13.2 Å². The number of nitrogens with zero attached hydrogens (tertiary/aromatic N) is 2. The molecular formula is C37H40Cl2N4O7. The molecule has 0 aliphatic heterocycles. The molecule has 1 unspecified atom stereocenters. The maximum absolute atomic E-state index is 11.3. The molecule has 0 saturated carbocycles. The smallest absolute Gasteiger partial charge is 0.323 e. The number of rotatable bonds is 17. The summed E-state index contributed by atoms with van der Waals surface area (Å²) in [7, 11) is 3.13. The number of aliphatic hydroxyl groups is 2. The zero-order chi connectivity index (χ0) is 35.8. The Kier molecular flexibility index (Phi) is 12.6. The molecule has 50 heavy (non-hydrogen) atoms. The van der Waals surface area contributed by atoms with Gasteiger partial charge in [0.15, 0.2) is 0 Å². The van der Waals surface area contributed by atoms with Gasteiger partial charge in [0.2, 0.25) is 0 Å². The first kappa shape index (κ1) is 36.9. The summed E-state index contributed by atoms with van der Waals surface area (Å²) < 4.78 is 19.2. The molecule has 1 heterocycles. The summed E-state index contributed by atoms with van der Waals surface area (Å²) in [4.78, 5) is 11.3. The molecule has 264 valence electrons. The van der Waals surface area contributed by atoms with Gasteiger partial charge in [0.1, 0.15) is 29.9 Å². The van der Waals surface area contributed by atoms with Gasteiger partial charge < -0.3 is 34.8 Å². The summed E-state index contributed by atoms with van der Waals surface area (Å²) in [6.07, 6.45) is 1.85. The molecule has 4 aromatic carbocycles. The number of carboxylic acid groups (broad SMARTS) is 1. The molecule has 13 heteroatoms. The Morgan fingerprint density at radius 3 is 2.30 bits per heavy atom. The second kappa shape index (κ2) is 17.0. The largest absolute Gasteiger partial charge is 0.496 e. The lowest BCUT2D eigenvalue weighted by Crippen LogP contribution is -2.39. The normalized spacial score (nSPS) is 11.9. The maximum Gasteiger partial charge on any atom is 0.323 e. The molecule has 0 bridgehead atoms. The Balaban J connectivity index is 1.37. The third-order valence-corrected chi connectivity index (χ3v) is 9.18. The van der Waals surface area contributed by atoms with Gasteiger partial charge in [-0.3, -0.25) is 14.8 Å². The molecule has 1 aromatic heterocycles. The number of aliphatic hydroxyl groups excluding tert-OH is 2. The minimum atomic E-state index is -1.15. The average Bonchev–Trinajstić information content (AvgIpc) is 3.52. The van der Waals surface area contributed by atoms with E-state index in [2.05, 4.69) is 29.7 Å². The molecule has 0 aliphatic rings. The number of aliphatic carboxylic acids is 1. The molecule has 0 amide bonds. The van der Waals surface area contributed by atoms with Crippen molar-refractivity contribution in [2.75, 3.05) is 34.0 Å². The van der Waals surface area contributed by atoms with Gasteiger partial charge in [0, 0.05) is 47.2 Å². The molecule has 0 radical (unpaired) electrons. The molecule has 0 saturated heterocycles. The quantitative estimate of drug-likeness (QED) is 0.0771. The molecule has 5 aromatic rings. The van der Waals surface area contributed by atoms with E-state index >= 15 is 0 Å². The van der Waals surface area contributed by atoms with Gasteiger partial charge in [-0.1, -0.05) is 53.5 Å². The predicted molar refractivity (Wildman–Crippen MR) is 193 cm³/mol. The number of ether oxygens (including phenoxy) is 3. The Bertz CT molecular complexity index is 1970. The molecule has 5 N–H and O–H groups in total. The van der Waals surface area contributed by atoms with Crippen molar-refractivity contribution < 1.29 is 34.3 Å². The number of aromatic nitrogens is 2. The highest BCUT2D eigenvalue weighted by Gasteiger charge is 2.19. The van der Waals surface area contributed by atoms with Crippen LogP contribution in [0.25, 0.3) is 22.0 Å². The number of nitrogens with one attached hydrogen (secondary N) is 2. The van der Waals surface area contributed by atoms with Crippen LogP contribution in [0.1, 0.15) is 27.8 Å².